The monoisotopic (exact) mass is 625 g/mol. The number of aromatic nitrogens is 3. The summed E-state index contributed by atoms with van der Waals surface area (Å²) < 4.78 is 6.64. The van der Waals surface area contributed by atoms with E-state index in [1.807, 2.05) is 6.07 Å². The summed E-state index contributed by atoms with van der Waals surface area (Å²) in [7, 11) is 0. The number of benzene rings is 8. The van der Waals surface area contributed by atoms with Gasteiger partial charge in [-0.25, -0.2) is 15.0 Å². The molecule has 228 valence electrons. The fourth-order valence-electron chi connectivity index (χ4n) is 7.06. The van der Waals surface area contributed by atoms with Crippen molar-refractivity contribution in [3.05, 3.63) is 164 Å². The van der Waals surface area contributed by atoms with Crippen LogP contribution < -0.4 is 0 Å². The Kier molecular flexibility index (Phi) is 6.15. The van der Waals surface area contributed by atoms with E-state index in [4.69, 9.17) is 19.4 Å². The third-order valence-electron chi connectivity index (χ3n) is 9.47. The third kappa shape index (κ3) is 4.65. The Hall–Kier alpha value is -6.65. The summed E-state index contributed by atoms with van der Waals surface area (Å²) in [5, 5.41) is 9.17. The standard InChI is InChI=1S/C45H27N3O/c1-2-12-30(13-3-1)39-27-41-42(37-17-9-8-16-36(37)39)38-23-22-35(26-40(38)49-41)45-47-43(33-20-18-28-10-4-6-14-31(28)24-33)46-44(48-45)34-21-19-29-11-5-7-15-32(29)25-34/h1-27H. The van der Waals surface area contributed by atoms with Crippen molar-refractivity contribution in [2.75, 3.05) is 0 Å². The first-order chi connectivity index (χ1) is 24.2. The lowest BCUT2D eigenvalue weighted by atomic mass is 9.95. The summed E-state index contributed by atoms with van der Waals surface area (Å²) in [5.74, 6) is 1.85. The van der Waals surface area contributed by atoms with Gasteiger partial charge in [0.1, 0.15) is 11.2 Å². The maximum absolute atomic E-state index is 6.64. The van der Waals surface area contributed by atoms with Crippen LogP contribution in [0, 0.1) is 0 Å². The van der Waals surface area contributed by atoms with Crippen molar-refractivity contribution in [2.45, 2.75) is 0 Å². The molecule has 4 heteroatoms. The van der Waals surface area contributed by atoms with Gasteiger partial charge in [-0.15, -0.1) is 0 Å². The van der Waals surface area contributed by atoms with E-state index in [0.717, 1.165) is 60.5 Å². The quantitative estimate of drug-likeness (QED) is 0.195. The van der Waals surface area contributed by atoms with Crippen LogP contribution in [-0.4, -0.2) is 15.0 Å². The molecule has 2 aromatic heterocycles. The topological polar surface area (TPSA) is 51.8 Å². The normalized spacial score (nSPS) is 11.7. The zero-order valence-electron chi connectivity index (χ0n) is 26.3. The summed E-state index contributed by atoms with van der Waals surface area (Å²) in [6, 6.07) is 57.0. The summed E-state index contributed by atoms with van der Waals surface area (Å²) in [6.45, 7) is 0. The van der Waals surface area contributed by atoms with Crippen LogP contribution in [0.2, 0.25) is 0 Å². The van der Waals surface area contributed by atoms with Gasteiger partial charge in [-0.05, 0) is 73.8 Å². The molecule has 0 saturated heterocycles. The fraction of sp³-hybridized carbons (Fsp3) is 0. The maximum Gasteiger partial charge on any atom is 0.164 e. The van der Waals surface area contributed by atoms with Crippen LogP contribution >= 0.6 is 0 Å². The van der Waals surface area contributed by atoms with Gasteiger partial charge in [0.25, 0.3) is 0 Å². The molecular formula is C45H27N3O. The Balaban J connectivity index is 1.17. The molecule has 0 aliphatic carbocycles. The lowest BCUT2D eigenvalue weighted by molar-refractivity contribution is 0.669. The van der Waals surface area contributed by atoms with Crippen LogP contribution in [-0.2, 0) is 0 Å². The Morgan fingerprint density at radius 1 is 0.327 bits per heavy atom. The lowest BCUT2D eigenvalue weighted by Crippen LogP contribution is -2.00. The highest BCUT2D eigenvalue weighted by molar-refractivity contribution is 6.22. The fourth-order valence-corrected chi connectivity index (χ4v) is 7.06. The lowest BCUT2D eigenvalue weighted by Gasteiger charge is -2.10. The zero-order chi connectivity index (χ0) is 32.3. The van der Waals surface area contributed by atoms with Crippen molar-refractivity contribution in [3.63, 3.8) is 0 Å². The maximum atomic E-state index is 6.64. The van der Waals surface area contributed by atoms with Gasteiger partial charge in [-0.2, -0.15) is 0 Å². The third-order valence-corrected chi connectivity index (χ3v) is 9.47. The highest BCUT2D eigenvalue weighted by Gasteiger charge is 2.18. The molecule has 0 atom stereocenters. The molecule has 0 bridgehead atoms. The van der Waals surface area contributed by atoms with Crippen molar-refractivity contribution >= 4 is 54.3 Å². The molecule has 10 rings (SSSR count). The molecule has 10 aromatic rings. The van der Waals surface area contributed by atoms with Gasteiger partial charge in [-0.1, -0.05) is 133 Å². The largest absolute Gasteiger partial charge is 0.456 e. The van der Waals surface area contributed by atoms with Gasteiger partial charge in [0.15, 0.2) is 17.5 Å². The highest BCUT2D eigenvalue weighted by atomic mass is 16.3. The first-order valence-electron chi connectivity index (χ1n) is 16.4. The predicted molar refractivity (Wildman–Crippen MR) is 201 cm³/mol. The van der Waals surface area contributed by atoms with Crippen molar-refractivity contribution < 1.29 is 4.42 Å². The predicted octanol–water partition coefficient (Wildman–Crippen LogP) is 11.9. The van der Waals surface area contributed by atoms with E-state index in [1.165, 1.54) is 21.5 Å². The van der Waals surface area contributed by atoms with E-state index in [9.17, 15) is 0 Å². The molecule has 49 heavy (non-hydrogen) atoms. The van der Waals surface area contributed by atoms with Crippen molar-refractivity contribution in [1.82, 2.24) is 15.0 Å². The Labute approximate surface area is 282 Å². The molecule has 0 radical (unpaired) electrons. The van der Waals surface area contributed by atoms with Crippen LogP contribution in [0.4, 0.5) is 0 Å². The number of fused-ring (bicyclic) bond motifs is 7. The second kappa shape index (κ2) is 11.0. The Morgan fingerprint density at radius 3 is 1.47 bits per heavy atom. The summed E-state index contributed by atoms with van der Waals surface area (Å²) in [4.78, 5) is 15.2. The SMILES string of the molecule is c1ccc(-c2cc3oc4cc(-c5nc(-c6ccc7ccccc7c6)nc(-c6ccc7ccccc7c6)n5)ccc4c3c3ccccc23)cc1. The molecule has 0 spiro atoms. The van der Waals surface area contributed by atoms with Crippen molar-refractivity contribution in [1.29, 1.82) is 0 Å². The molecule has 0 unspecified atom stereocenters. The minimum atomic E-state index is 0.596. The van der Waals surface area contributed by atoms with Crippen LogP contribution in [0.1, 0.15) is 0 Å². The van der Waals surface area contributed by atoms with Gasteiger partial charge in [0, 0.05) is 27.5 Å². The van der Waals surface area contributed by atoms with E-state index in [2.05, 4.69) is 158 Å². The van der Waals surface area contributed by atoms with E-state index in [1.54, 1.807) is 0 Å². The average molecular weight is 626 g/mol. The summed E-state index contributed by atoms with van der Waals surface area (Å²) in [6.07, 6.45) is 0. The second-order valence-corrected chi connectivity index (χ2v) is 12.5. The number of furan rings is 1. The number of nitrogens with zero attached hydrogens (tertiary/aromatic N) is 3. The minimum absolute atomic E-state index is 0.596. The molecule has 0 amide bonds. The van der Waals surface area contributed by atoms with Crippen molar-refractivity contribution in [2.24, 2.45) is 0 Å². The molecule has 8 aromatic carbocycles. The zero-order valence-corrected chi connectivity index (χ0v) is 26.3. The molecule has 0 fully saturated rings. The van der Waals surface area contributed by atoms with Crippen LogP contribution in [0.3, 0.4) is 0 Å². The molecular weight excluding hydrogens is 599 g/mol. The van der Waals surface area contributed by atoms with Gasteiger partial charge in [0.05, 0.1) is 0 Å². The average Bonchev–Trinajstić information content (AvgIpc) is 3.55. The Morgan fingerprint density at radius 2 is 0.837 bits per heavy atom. The molecule has 4 nitrogen and oxygen atoms in total. The number of hydrogen-bond donors (Lipinski definition) is 0. The number of rotatable bonds is 4. The van der Waals surface area contributed by atoms with Crippen LogP contribution in [0.5, 0.6) is 0 Å². The number of hydrogen-bond acceptors (Lipinski definition) is 4. The smallest absolute Gasteiger partial charge is 0.164 e. The molecule has 2 heterocycles. The molecule has 0 aliphatic rings. The van der Waals surface area contributed by atoms with Gasteiger partial charge in [0.2, 0.25) is 0 Å². The first kappa shape index (κ1) is 27.5. The molecule has 0 saturated carbocycles. The Bertz CT molecular complexity index is 2790. The van der Waals surface area contributed by atoms with E-state index >= 15 is 0 Å². The van der Waals surface area contributed by atoms with Crippen LogP contribution in [0.15, 0.2) is 168 Å². The summed E-state index contributed by atoms with van der Waals surface area (Å²) in [5.41, 5.74) is 6.71. The van der Waals surface area contributed by atoms with Gasteiger partial charge >= 0.3 is 0 Å². The van der Waals surface area contributed by atoms with Gasteiger partial charge < -0.3 is 4.42 Å². The minimum Gasteiger partial charge on any atom is -0.456 e. The van der Waals surface area contributed by atoms with Gasteiger partial charge in [-0.3, -0.25) is 0 Å². The van der Waals surface area contributed by atoms with E-state index in [0.29, 0.717) is 17.5 Å². The van der Waals surface area contributed by atoms with E-state index < -0.39 is 0 Å². The highest BCUT2D eigenvalue weighted by Crippen LogP contribution is 2.41. The van der Waals surface area contributed by atoms with Crippen LogP contribution in [0.25, 0.3) is 99.5 Å². The second-order valence-electron chi connectivity index (χ2n) is 12.5. The first-order valence-corrected chi connectivity index (χ1v) is 16.4. The van der Waals surface area contributed by atoms with Crippen molar-refractivity contribution in [3.8, 4) is 45.3 Å². The molecule has 0 aliphatic heterocycles. The molecule has 0 N–H and O–H groups in total. The van der Waals surface area contributed by atoms with E-state index in [-0.39, 0.29) is 0 Å². The summed E-state index contributed by atoms with van der Waals surface area (Å²) >= 11 is 0.